The summed E-state index contributed by atoms with van der Waals surface area (Å²) in [6, 6.07) is 4.84. The van der Waals surface area contributed by atoms with Crippen LogP contribution in [0.5, 0.6) is 5.75 Å². The number of carbonyl (C=O) groups is 2. The number of ether oxygens (including phenoxy) is 2. The molecule has 0 saturated heterocycles. The Balaban J connectivity index is 2.70. The van der Waals surface area contributed by atoms with Crippen molar-refractivity contribution in [2.24, 2.45) is 5.41 Å². The van der Waals surface area contributed by atoms with Crippen molar-refractivity contribution in [1.82, 2.24) is 0 Å². The van der Waals surface area contributed by atoms with Gasteiger partial charge in [-0.2, -0.15) is 0 Å². The minimum absolute atomic E-state index is 0.250. The molecule has 0 fully saturated rings. The predicted octanol–water partition coefficient (Wildman–Crippen LogP) is 2.59. The van der Waals surface area contributed by atoms with Crippen LogP contribution in [0.15, 0.2) is 24.3 Å². The van der Waals surface area contributed by atoms with Crippen LogP contribution in [-0.4, -0.2) is 28.9 Å². The predicted molar refractivity (Wildman–Crippen MR) is 84.7 cm³/mol. The number of rotatable bonds is 8. The van der Waals surface area contributed by atoms with Crippen LogP contribution >= 0.6 is 0 Å². The number of aliphatic carboxylic acids is 1. The molecular formula is C17H22O6. The summed E-state index contributed by atoms with van der Waals surface area (Å²) in [4.78, 5) is 22.3. The number of aliphatic hydroxyl groups excluding tert-OH is 1. The summed E-state index contributed by atoms with van der Waals surface area (Å²) in [5, 5.41) is 18.0. The second-order valence-corrected chi connectivity index (χ2v) is 5.63. The molecule has 126 valence electrons. The lowest BCUT2D eigenvalue weighted by Crippen LogP contribution is -2.27. The number of carboxylic acids is 1. The minimum atomic E-state index is -1.05. The molecule has 0 radical (unpaired) electrons. The molecule has 6 nitrogen and oxygen atoms in total. The molecule has 0 aliphatic rings. The summed E-state index contributed by atoms with van der Waals surface area (Å²) < 4.78 is 10.5. The van der Waals surface area contributed by atoms with Gasteiger partial charge in [-0.15, -0.1) is 0 Å². The minimum Gasteiger partial charge on any atom is -0.478 e. The molecule has 1 aromatic carbocycles. The van der Waals surface area contributed by atoms with E-state index in [-0.39, 0.29) is 19.4 Å². The Kier molecular flexibility index (Phi) is 6.78. The van der Waals surface area contributed by atoms with Crippen LogP contribution in [0, 0.1) is 5.41 Å². The van der Waals surface area contributed by atoms with Crippen molar-refractivity contribution in [3.63, 3.8) is 0 Å². The highest BCUT2D eigenvalue weighted by atomic mass is 16.7. The number of carboxylic acid groups (broad SMARTS) is 1. The Hall–Kier alpha value is -2.34. The highest BCUT2D eigenvalue weighted by Gasteiger charge is 2.27. The first-order valence-electron chi connectivity index (χ1n) is 7.25. The summed E-state index contributed by atoms with van der Waals surface area (Å²) in [6.45, 7) is 4.95. The first kappa shape index (κ1) is 18.7. The quantitative estimate of drug-likeness (QED) is 0.434. The lowest BCUT2D eigenvalue weighted by atomic mass is 9.91. The lowest BCUT2D eigenvalue weighted by Gasteiger charge is -2.20. The van der Waals surface area contributed by atoms with Crippen LogP contribution in [0.4, 0.5) is 0 Å². The molecule has 0 heterocycles. The molecule has 0 aliphatic heterocycles. The Morgan fingerprint density at radius 2 is 2.00 bits per heavy atom. The number of aliphatic hydroxyl groups is 1. The van der Waals surface area contributed by atoms with Gasteiger partial charge in [-0.3, -0.25) is 4.79 Å². The third-order valence-electron chi connectivity index (χ3n) is 3.51. The Labute approximate surface area is 135 Å². The second-order valence-electron chi connectivity index (χ2n) is 5.63. The van der Waals surface area contributed by atoms with Crippen molar-refractivity contribution in [1.29, 1.82) is 0 Å². The van der Waals surface area contributed by atoms with Crippen molar-refractivity contribution in [3.05, 3.63) is 35.4 Å². The SMILES string of the molecule is CCC(C)(C)C(=O)OCOc1ccc(/C=C/C(=O)O)cc1CO. The second kappa shape index (κ2) is 8.33. The van der Waals surface area contributed by atoms with E-state index in [1.807, 2.05) is 6.92 Å². The number of benzene rings is 1. The van der Waals surface area contributed by atoms with Gasteiger partial charge in [0.05, 0.1) is 12.0 Å². The van der Waals surface area contributed by atoms with Crippen molar-refractivity contribution in [2.75, 3.05) is 6.79 Å². The zero-order chi connectivity index (χ0) is 17.5. The van der Waals surface area contributed by atoms with Gasteiger partial charge in [0, 0.05) is 11.6 Å². The molecule has 0 aliphatic carbocycles. The molecule has 0 amide bonds. The van der Waals surface area contributed by atoms with Crippen molar-refractivity contribution in [2.45, 2.75) is 33.8 Å². The van der Waals surface area contributed by atoms with Crippen molar-refractivity contribution >= 4 is 18.0 Å². The molecule has 23 heavy (non-hydrogen) atoms. The normalized spacial score (nSPS) is 11.5. The summed E-state index contributed by atoms with van der Waals surface area (Å²) in [6.07, 6.45) is 3.07. The van der Waals surface area contributed by atoms with E-state index in [4.69, 9.17) is 14.6 Å². The maximum atomic E-state index is 11.8. The Morgan fingerprint density at radius 1 is 1.30 bits per heavy atom. The van der Waals surface area contributed by atoms with Gasteiger partial charge in [0.15, 0.2) is 0 Å². The fraction of sp³-hybridized carbons (Fsp3) is 0.412. The lowest BCUT2D eigenvalue weighted by molar-refractivity contribution is -0.160. The molecule has 0 spiro atoms. The standard InChI is InChI=1S/C17H22O6/c1-4-17(2,3)16(21)23-11-22-14-7-5-12(6-8-15(19)20)9-13(14)10-18/h5-9,18H,4,10-11H2,1-3H3,(H,19,20)/b8-6+. The average molecular weight is 322 g/mol. The molecular weight excluding hydrogens is 300 g/mol. The molecule has 0 bridgehead atoms. The van der Waals surface area contributed by atoms with Crippen molar-refractivity contribution < 1.29 is 29.3 Å². The van der Waals surface area contributed by atoms with Gasteiger partial charge in [-0.1, -0.05) is 13.0 Å². The van der Waals surface area contributed by atoms with Crippen LogP contribution in [0.2, 0.25) is 0 Å². The summed E-state index contributed by atoms with van der Waals surface area (Å²) in [5.41, 5.74) is 0.519. The van der Waals surface area contributed by atoms with Gasteiger partial charge in [-0.25, -0.2) is 4.79 Å². The smallest absolute Gasteiger partial charge is 0.328 e. The highest BCUT2D eigenvalue weighted by Crippen LogP contribution is 2.23. The van der Waals surface area contributed by atoms with Gasteiger partial charge >= 0.3 is 11.9 Å². The van der Waals surface area contributed by atoms with Gasteiger partial charge in [0.1, 0.15) is 5.75 Å². The molecule has 0 saturated carbocycles. The first-order chi connectivity index (χ1) is 10.8. The van der Waals surface area contributed by atoms with Gasteiger partial charge < -0.3 is 19.7 Å². The van der Waals surface area contributed by atoms with E-state index in [1.165, 1.54) is 6.08 Å². The van der Waals surface area contributed by atoms with Crippen LogP contribution in [0.25, 0.3) is 6.08 Å². The number of carbonyl (C=O) groups excluding carboxylic acids is 1. The van der Waals surface area contributed by atoms with Crippen LogP contribution in [0.3, 0.4) is 0 Å². The van der Waals surface area contributed by atoms with Gasteiger partial charge in [0.2, 0.25) is 6.79 Å². The summed E-state index contributed by atoms with van der Waals surface area (Å²) in [5.74, 6) is -1.03. The largest absolute Gasteiger partial charge is 0.478 e. The van der Waals surface area contributed by atoms with E-state index in [0.717, 1.165) is 6.08 Å². The third kappa shape index (κ3) is 5.75. The van der Waals surface area contributed by atoms with Crippen LogP contribution < -0.4 is 4.74 Å². The van der Waals surface area contributed by atoms with E-state index in [2.05, 4.69) is 0 Å². The zero-order valence-electron chi connectivity index (χ0n) is 13.5. The topological polar surface area (TPSA) is 93.1 Å². The summed E-state index contributed by atoms with van der Waals surface area (Å²) in [7, 11) is 0. The fourth-order valence-corrected chi connectivity index (χ4v) is 1.62. The van der Waals surface area contributed by atoms with Crippen LogP contribution in [0.1, 0.15) is 38.3 Å². The van der Waals surface area contributed by atoms with E-state index in [1.54, 1.807) is 32.0 Å². The monoisotopic (exact) mass is 322 g/mol. The molecule has 0 unspecified atom stereocenters. The third-order valence-corrected chi connectivity index (χ3v) is 3.51. The number of hydrogen-bond acceptors (Lipinski definition) is 5. The molecule has 6 heteroatoms. The Morgan fingerprint density at radius 3 is 2.57 bits per heavy atom. The van der Waals surface area contributed by atoms with Crippen molar-refractivity contribution in [3.8, 4) is 5.75 Å². The number of hydrogen-bond donors (Lipinski definition) is 2. The molecule has 2 N–H and O–H groups in total. The maximum Gasteiger partial charge on any atom is 0.328 e. The Bertz CT molecular complexity index is 589. The first-order valence-corrected chi connectivity index (χ1v) is 7.25. The van der Waals surface area contributed by atoms with Gasteiger partial charge in [0.25, 0.3) is 0 Å². The molecule has 1 rings (SSSR count). The maximum absolute atomic E-state index is 11.8. The number of esters is 1. The van der Waals surface area contributed by atoms with Crippen LogP contribution in [-0.2, 0) is 20.9 Å². The average Bonchev–Trinajstić information content (AvgIpc) is 2.53. The molecule has 1 aromatic rings. The molecule has 0 atom stereocenters. The zero-order valence-corrected chi connectivity index (χ0v) is 13.5. The van der Waals surface area contributed by atoms with E-state index >= 15 is 0 Å². The van der Waals surface area contributed by atoms with E-state index in [0.29, 0.717) is 23.3 Å². The van der Waals surface area contributed by atoms with Gasteiger partial charge in [-0.05, 0) is 44.0 Å². The van der Waals surface area contributed by atoms with E-state index < -0.39 is 11.4 Å². The molecule has 0 aromatic heterocycles. The fourth-order valence-electron chi connectivity index (χ4n) is 1.62. The summed E-state index contributed by atoms with van der Waals surface area (Å²) >= 11 is 0. The highest BCUT2D eigenvalue weighted by molar-refractivity contribution is 5.85. The van der Waals surface area contributed by atoms with E-state index in [9.17, 15) is 14.7 Å².